The molecule has 98 valence electrons. The Balaban J connectivity index is 2.06. The zero-order valence-electron chi connectivity index (χ0n) is 10.3. The molecule has 0 spiro atoms. The van der Waals surface area contributed by atoms with Crippen LogP contribution >= 0.6 is 15.9 Å². The average Bonchev–Trinajstić information content (AvgIpc) is 2.79. The second-order valence-electron chi connectivity index (χ2n) is 4.23. The van der Waals surface area contributed by atoms with Gasteiger partial charge in [-0.3, -0.25) is 0 Å². The largest absolute Gasteiger partial charge is 0.396 e. The van der Waals surface area contributed by atoms with Gasteiger partial charge in [-0.1, -0.05) is 13.3 Å². The van der Waals surface area contributed by atoms with Crippen molar-refractivity contribution < 1.29 is 5.11 Å². The van der Waals surface area contributed by atoms with E-state index in [0.29, 0.717) is 11.9 Å². The summed E-state index contributed by atoms with van der Waals surface area (Å²) >= 11 is 3.44. The summed E-state index contributed by atoms with van der Waals surface area (Å²) in [6.45, 7) is 3.13. The number of aromatic nitrogens is 3. The van der Waals surface area contributed by atoms with Crippen LogP contribution < -0.4 is 5.32 Å². The molecule has 1 unspecified atom stereocenters. The van der Waals surface area contributed by atoms with Gasteiger partial charge in [0.25, 0.3) is 0 Å². The number of anilines is 1. The van der Waals surface area contributed by atoms with Crippen molar-refractivity contribution in [3.05, 3.63) is 22.8 Å². The molecule has 5 nitrogen and oxygen atoms in total. The zero-order valence-corrected chi connectivity index (χ0v) is 11.9. The first-order valence-corrected chi connectivity index (χ1v) is 6.89. The summed E-state index contributed by atoms with van der Waals surface area (Å²) in [5, 5.41) is 16.5. The van der Waals surface area contributed by atoms with Crippen molar-refractivity contribution >= 4 is 27.5 Å². The highest BCUT2D eigenvalue weighted by Gasteiger charge is 2.09. The normalized spacial score (nSPS) is 12.8. The van der Waals surface area contributed by atoms with Crippen molar-refractivity contribution in [3.63, 3.8) is 0 Å². The third-order valence-corrected chi connectivity index (χ3v) is 3.60. The Kier molecular flexibility index (Phi) is 4.54. The monoisotopic (exact) mass is 312 g/mol. The lowest BCUT2D eigenvalue weighted by atomic mass is 10.0. The van der Waals surface area contributed by atoms with Crippen molar-refractivity contribution in [1.82, 2.24) is 14.6 Å². The molecule has 0 aliphatic rings. The number of nitrogens with one attached hydrogen (secondary N) is 1. The molecule has 2 rings (SSSR count). The van der Waals surface area contributed by atoms with E-state index in [1.807, 2.05) is 18.3 Å². The Hall–Kier alpha value is -1.14. The van der Waals surface area contributed by atoms with Crippen LogP contribution in [0.15, 0.2) is 22.8 Å². The van der Waals surface area contributed by atoms with Crippen LogP contribution in [0.4, 0.5) is 5.95 Å². The van der Waals surface area contributed by atoms with Crippen molar-refractivity contribution in [2.45, 2.75) is 19.8 Å². The van der Waals surface area contributed by atoms with Gasteiger partial charge in [-0.25, -0.2) is 4.52 Å². The highest BCUT2D eigenvalue weighted by molar-refractivity contribution is 9.10. The van der Waals surface area contributed by atoms with Crippen LogP contribution in [0.2, 0.25) is 0 Å². The smallest absolute Gasteiger partial charge is 0.243 e. The van der Waals surface area contributed by atoms with Crippen molar-refractivity contribution in [2.75, 3.05) is 18.5 Å². The molecule has 2 heterocycles. The number of halogens is 1. The number of aliphatic hydroxyl groups is 1. The third kappa shape index (κ3) is 3.00. The van der Waals surface area contributed by atoms with Crippen LogP contribution in [-0.4, -0.2) is 32.9 Å². The maximum atomic E-state index is 8.95. The van der Waals surface area contributed by atoms with Gasteiger partial charge < -0.3 is 10.4 Å². The molecule has 18 heavy (non-hydrogen) atoms. The molecular formula is C12H17BrN4O. The first kappa shape index (κ1) is 13.3. The number of hydrogen-bond donors (Lipinski definition) is 2. The summed E-state index contributed by atoms with van der Waals surface area (Å²) < 4.78 is 2.66. The Morgan fingerprint density at radius 3 is 3.06 bits per heavy atom. The fourth-order valence-corrected chi connectivity index (χ4v) is 2.24. The number of hydrogen-bond acceptors (Lipinski definition) is 4. The zero-order chi connectivity index (χ0) is 13.0. The fraction of sp³-hybridized carbons (Fsp3) is 0.500. The standard InChI is InChI=1S/C12H17BrN4O/c1-2-9(5-7-18)8-14-12-15-11-10(13)4-3-6-17(11)16-12/h3-4,6,9,18H,2,5,7-8H2,1H3,(H,14,16). The van der Waals surface area contributed by atoms with Gasteiger partial charge in [-0.2, -0.15) is 4.98 Å². The Bertz CT molecular complexity index is 514. The van der Waals surface area contributed by atoms with Gasteiger partial charge in [-0.05, 0) is 40.4 Å². The average molecular weight is 313 g/mol. The van der Waals surface area contributed by atoms with Crippen LogP contribution in [0.3, 0.4) is 0 Å². The molecule has 1 atom stereocenters. The minimum Gasteiger partial charge on any atom is -0.396 e. The molecule has 2 aromatic heterocycles. The van der Waals surface area contributed by atoms with Gasteiger partial charge in [0, 0.05) is 19.3 Å². The highest BCUT2D eigenvalue weighted by Crippen LogP contribution is 2.17. The van der Waals surface area contributed by atoms with Gasteiger partial charge in [0.2, 0.25) is 5.95 Å². The molecule has 0 saturated heterocycles. The molecule has 2 N–H and O–H groups in total. The molecule has 0 fully saturated rings. The van der Waals surface area contributed by atoms with Gasteiger partial charge in [0.05, 0.1) is 4.47 Å². The predicted octanol–water partition coefficient (Wildman–Crippen LogP) is 2.31. The van der Waals surface area contributed by atoms with Gasteiger partial charge in [-0.15, -0.1) is 5.10 Å². The van der Waals surface area contributed by atoms with E-state index in [4.69, 9.17) is 5.11 Å². The molecule has 0 bridgehead atoms. The van der Waals surface area contributed by atoms with E-state index in [1.54, 1.807) is 4.52 Å². The quantitative estimate of drug-likeness (QED) is 0.859. The van der Waals surface area contributed by atoms with Crippen LogP contribution in [0, 0.1) is 5.92 Å². The summed E-state index contributed by atoms with van der Waals surface area (Å²) in [5.41, 5.74) is 0.801. The maximum absolute atomic E-state index is 8.95. The van der Waals surface area contributed by atoms with Crippen molar-refractivity contribution in [2.24, 2.45) is 5.92 Å². The van der Waals surface area contributed by atoms with Crippen molar-refractivity contribution in [3.8, 4) is 0 Å². The summed E-state index contributed by atoms with van der Waals surface area (Å²) in [6, 6.07) is 3.85. The summed E-state index contributed by atoms with van der Waals surface area (Å²) in [6.07, 6.45) is 3.70. The molecule has 2 aromatic rings. The highest BCUT2D eigenvalue weighted by atomic mass is 79.9. The topological polar surface area (TPSA) is 62.5 Å². The van der Waals surface area contributed by atoms with Gasteiger partial charge >= 0.3 is 0 Å². The van der Waals surface area contributed by atoms with Crippen LogP contribution in [0.5, 0.6) is 0 Å². The number of rotatable bonds is 6. The van der Waals surface area contributed by atoms with Gasteiger partial charge in [0.1, 0.15) is 0 Å². The number of pyridine rings is 1. The minimum atomic E-state index is 0.227. The lowest BCUT2D eigenvalue weighted by Crippen LogP contribution is -2.15. The molecule has 0 aliphatic carbocycles. The Morgan fingerprint density at radius 1 is 1.56 bits per heavy atom. The van der Waals surface area contributed by atoms with E-state index < -0.39 is 0 Å². The summed E-state index contributed by atoms with van der Waals surface area (Å²) in [7, 11) is 0. The first-order valence-electron chi connectivity index (χ1n) is 6.10. The molecule has 0 amide bonds. The number of aliphatic hydroxyl groups excluding tert-OH is 1. The molecule has 0 radical (unpaired) electrons. The molecule has 0 aromatic carbocycles. The number of fused-ring (bicyclic) bond motifs is 1. The molecular weight excluding hydrogens is 296 g/mol. The van der Waals surface area contributed by atoms with E-state index in [2.05, 4.69) is 38.3 Å². The third-order valence-electron chi connectivity index (χ3n) is 2.98. The van der Waals surface area contributed by atoms with E-state index in [0.717, 1.165) is 29.5 Å². The Morgan fingerprint density at radius 2 is 2.39 bits per heavy atom. The second kappa shape index (κ2) is 6.15. The fourth-order valence-electron chi connectivity index (χ4n) is 1.82. The molecule has 6 heteroatoms. The Labute approximate surface area is 114 Å². The van der Waals surface area contributed by atoms with Crippen LogP contribution in [0.1, 0.15) is 19.8 Å². The summed E-state index contributed by atoms with van der Waals surface area (Å²) in [4.78, 5) is 4.41. The van der Waals surface area contributed by atoms with E-state index in [9.17, 15) is 0 Å². The maximum Gasteiger partial charge on any atom is 0.243 e. The van der Waals surface area contributed by atoms with Gasteiger partial charge in [0.15, 0.2) is 5.65 Å². The SMILES string of the molecule is CCC(CCO)CNc1nc2c(Br)cccn2n1. The first-order chi connectivity index (χ1) is 8.74. The minimum absolute atomic E-state index is 0.227. The second-order valence-corrected chi connectivity index (χ2v) is 5.08. The van der Waals surface area contributed by atoms with E-state index >= 15 is 0 Å². The lowest BCUT2D eigenvalue weighted by Gasteiger charge is -2.12. The van der Waals surface area contributed by atoms with Crippen LogP contribution in [-0.2, 0) is 0 Å². The van der Waals surface area contributed by atoms with E-state index in [-0.39, 0.29) is 6.61 Å². The van der Waals surface area contributed by atoms with Crippen LogP contribution in [0.25, 0.3) is 5.65 Å². The van der Waals surface area contributed by atoms with Crippen molar-refractivity contribution in [1.29, 1.82) is 0 Å². The lowest BCUT2D eigenvalue weighted by molar-refractivity contribution is 0.258. The summed E-state index contributed by atoms with van der Waals surface area (Å²) in [5.74, 6) is 1.07. The number of nitrogens with zero attached hydrogens (tertiary/aromatic N) is 3. The molecule has 0 saturated carbocycles. The van der Waals surface area contributed by atoms with E-state index in [1.165, 1.54) is 0 Å². The predicted molar refractivity (Wildman–Crippen MR) is 74.7 cm³/mol. The molecule has 0 aliphatic heterocycles.